The van der Waals surface area contributed by atoms with Crippen molar-refractivity contribution in [2.45, 2.75) is 32.2 Å². The highest BCUT2D eigenvalue weighted by atomic mass is 32.2. The van der Waals surface area contributed by atoms with Gasteiger partial charge in [-0.3, -0.25) is 0 Å². The van der Waals surface area contributed by atoms with Gasteiger partial charge in [-0.05, 0) is 26.0 Å². The Morgan fingerprint density at radius 1 is 1.42 bits per heavy atom. The van der Waals surface area contributed by atoms with Crippen LogP contribution in [0.2, 0.25) is 0 Å². The van der Waals surface area contributed by atoms with Crippen LogP contribution in [0.1, 0.15) is 19.4 Å². The van der Waals surface area contributed by atoms with E-state index < -0.39 is 9.84 Å². The van der Waals surface area contributed by atoms with Gasteiger partial charge in [0, 0.05) is 29.9 Å². The number of aliphatic hydroxyl groups excluding tert-OH is 1. The molecule has 2 aromatic rings. The van der Waals surface area contributed by atoms with Gasteiger partial charge in [0.1, 0.15) is 5.65 Å². The van der Waals surface area contributed by atoms with Crippen LogP contribution >= 0.6 is 0 Å². The summed E-state index contributed by atoms with van der Waals surface area (Å²) in [6, 6.07) is 3.68. The molecule has 0 bridgehead atoms. The Labute approximate surface area is 112 Å². The van der Waals surface area contributed by atoms with Crippen LogP contribution in [0, 0.1) is 0 Å². The highest BCUT2D eigenvalue weighted by Crippen LogP contribution is 2.19. The Morgan fingerprint density at radius 2 is 2.16 bits per heavy atom. The SMILES string of the molecule is CC(C)S(=O)(=O)CCn1cc(CO)c2cccnc21. The second-order valence-electron chi connectivity index (χ2n) is 4.80. The molecule has 5 nitrogen and oxygen atoms in total. The smallest absolute Gasteiger partial charge is 0.154 e. The number of aromatic nitrogens is 2. The first-order chi connectivity index (χ1) is 8.95. The van der Waals surface area contributed by atoms with E-state index in [9.17, 15) is 13.5 Å². The van der Waals surface area contributed by atoms with Crippen molar-refractivity contribution in [1.82, 2.24) is 9.55 Å². The van der Waals surface area contributed by atoms with Gasteiger partial charge in [-0.25, -0.2) is 13.4 Å². The molecule has 2 aromatic heterocycles. The zero-order valence-corrected chi connectivity index (χ0v) is 11.9. The maximum absolute atomic E-state index is 11.8. The molecule has 0 radical (unpaired) electrons. The van der Waals surface area contributed by atoms with Crippen LogP contribution in [-0.4, -0.2) is 34.1 Å². The monoisotopic (exact) mass is 282 g/mol. The third-order valence-electron chi connectivity index (χ3n) is 3.22. The Bertz CT molecular complexity index is 674. The molecule has 0 spiro atoms. The summed E-state index contributed by atoms with van der Waals surface area (Å²) >= 11 is 0. The molecule has 1 N–H and O–H groups in total. The molecule has 0 fully saturated rings. The Morgan fingerprint density at radius 3 is 2.79 bits per heavy atom. The second kappa shape index (κ2) is 5.30. The predicted molar refractivity (Wildman–Crippen MR) is 74.6 cm³/mol. The molecule has 0 aliphatic carbocycles. The van der Waals surface area contributed by atoms with E-state index >= 15 is 0 Å². The molecule has 2 rings (SSSR count). The molecule has 0 aliphatic rings. The molecule has 0 unspecified atom stereocenters. The van der Waals surface area contributed by atoms with E-state index in [1.165, 1.54) is 0 Å². The standard InChI is InChI=1S/C13H18N2O3S/c1-10(2)19(17,18)7-6-15-8-11(9-16)12-4-3-5-14-13(12)15/h3-5,8,10,16H,6-7,9H2,1-2H3. The number of pyridine rings is 1. The number of aryl methyl sites for hydroxylation is 1. The van der Waals surface area contributed by atoms with E-state index in [0.717, 1.165) is 10.9 Å². The fourth-order valence-electron chi connectivity index (χ4n) is 1.95. The van der Waals surface area contributed by atoms with Gasteiger partial charge in [0.2, 0.25) is 0 Å². The van der Waals surface area contributed by atoms with E-state index in [0.29, 0.717) is 12.2 Å². The van der Waals surface area contributed by atoms with E-state index in [1.807, 2.05) is 6.07 Å². The lowest BCUT2D eigenvalue weighted by molar-refractivity contribution is 0.283. The Hall–Kier alpha value is -1.40. The molecule has 104 valence electrons. The third kappa shape index (κ3) is 2.79. The number of hydrogen-bond acceptors (Lipinski definition) is 4. The summed E-state index contributed by atoms with van der Waals surface area (Å²) in [4.78, 5) is 4.25. The number of hydrogen-bond donors (Lipinski definition) is 1. The summed E-state index contributed by atoms with van der Waals surface area (Å²) in [6.45, 7) is 3.64. The molecular weight excluding hydrogens is 264 g/mol. The fraction of sp³-hybridized carbons (Fsp3) is 0.462. The minimum atomic E-state index is -3.07. The van der Waals surface area contributed by atoms with Crippen molar-refractivity contribution < 1.29 is 13.5 Å². The van der Waals surface area contributed by atoms with Crippen LogP contribution in [-0.2, 0) is 23.0 Å². The van der Waals surface area contributed by atoms with Crippen molar-refractivity contribution in [3.05, 3.63) is 30.1 Å². The van der Waals surface area contributed by atoms with Gasteiger partial charge < -0.3 is 9.67 Å². The van der Waals surface area contributed by atoms with Crippen LogP contribution in [0.5, 0.6) is 0 Å². The molecule has 0 amide bonds. The predicted octanol–water partition coefficient (Wildman–Crippen LogP) is 1.35. The van der Waals surface area contributed by atoms with E-state index in [4.69, 9.17) is 0 Å². The molecule has 19 heavy (non-hydrogen) atoms. The van der Waals surface area contributed by atoms with Gasteiger partial charge in [-0.1, -0.05) is 0 Å². The van der Waals surface area contributed by atoms with E-state index in [2.05, 4.69) is 4.98 Å². The molecular formula is C13H18N2O3S. The number of sulfone groups is 1. The number of aliphatic hydroxyl groups is 1. The first kappa shape index (κ1) is 14.0. The van der Waals surface area contributed by atoms with E-state index in [1.54, 1.807) is 36.9 Å². The first-order valence-electron chi connectivity index (χ1n) is 6.21. The van der Waals surface area contributed by atoms with Crippen molar-refractivity contribution in [3.8, 4) is 0 Å². The maximum Gasteiger partial charge on any atom is 0.154 e. The summed E-state index contributed by atoms with van der Waals surface area (Å²) in [5.74, 6) is 0.0793. The lowest BCUT2D eigenvalue weighted by Gasteiger charge is -2.08. The van der Waals surface area contributed by atoms with Crippen molar-refractivity contribution in [3.63, 3.8) is 0 Å². The number of fused-ring (bicyclic) bond motifs is 1. The maximum atomic E-state index is 11.8. The summed E-state index contributed by atoms with van der Waals surface area (Å²) in [5, 5.41) is 9.80. The van der Waals surface area contributed by atoms with Crippen molar-refractivity contribution in [2.24, 2.45) is 0 Å². The van der Waals surface area contributed by atoms with Crippen molar-refractivity contribution in [2.75, 3.05) is 5.75 Å². The normalized spacial score (nSPS) is 12.4. The summed E-state index contributed by atoms with van der Waals surface area (Å²) in [7, 11) is -3.07. The van der Waals surface area contributed by atoms with Gasteiger partial charge in [0.05, 0.1) is 17.6 Å². The van der Waals surface area contributed by atoms with Gasteiger partial charge in [-0.15, -0.1) is 0 Å². The molecule has 0 saturated carbocycles. The van der Waals surface area contributed by atoms with Crippen LogP contribution in [0.25, 0.3) is 11.0 Å². The second-order valence-corrected chi connectivity index (χ2v) is 7.47. The molecule has 6 heteroatoms. The van der Waals surface area contributed by atoms with Crippen LogP contribution in [0.4, 0.5) is 0 Å². The molecule has 2 heterocycles. The summed E-state index contributed by atoms with van der Waals surface area (Å²) in [5.41, 5.74) is 1.48. The molecule has 0 aliphatic heterocycles. The van der Waals surface area contributed by atoms with Crippen molar-refractivity contribution >= 4 is 20.9 Å². The molecule has 0 saturated heterocycles. The topological polar surface area (TPSA) is 72.2 Å². The first-order valence-corrected chi connectivity index (χ1v) is 7.92. The minimum Gasteiger partial charge on any atom is -0.392 e. The zero-order chi connectivity index (χ0) is 14.0. The van der Waals surface area contributed by atoms with Crippen LogP contribution in [0.15, 0.2) is 24.5 Å². The highest BCUT2D eigenvalue weighted by Gasteiger charge is 2.17. The zero-order valence-electron chi connectivity index (χ0n) is 11.1. The van der Waals surface area contributed by atoms with Gasteiger partial charge in [0.25, 0.3) is 0 Å². The van der Waals surface area contributed by atoms with Gasteiger partial charge >= 0.3 is 0 Å². The quantitative estimate of drug-likeness (QED) is 0.898. The average molecular weight is 282 g/mol. The largest absolute Gasteiger partial charge is 0.392 e. The highest BCUT2D eigenvalue weighted by molar-refractivity contribution is 7.91. The Balaban J connectivity index is 2.32. The lowest BCUT2D eigenvalue weighted by Crippen LogP contribution is -2.21. The third-order valence-corrected chi connectivity index (χ3v) is 5.41. The summed E-state index contributed by atoms with van der Waals surface area (Å²) < 4.78 is 25.5. The van der Waals surface area contributed by atoms with E-state index in [-0.39, 0.29) is 17.6 Å². The van der Waals surface area contributed by atoms with Crippen molar-refractivity contribution in [1.29, 1.82) is 0 Å². The average Bonchev–Trinajstić information content (AvgIpc) is 2.74. The molecule has 0 aromatic carbocycles. The van der Waals surface area contributed by atoms with Crippen LogP contribution < -0.4 is 0 Å². The number of rotatable bonds is 5. The molecule has 0 atom stereocenters. The fourth-order valence-corrected chi connectivity index (χ4v) is 2.88. The van der Waals surface area contributed by atoms with Gasteiger partial charge in [0.15, 0.2) is 9.84 Å². The summed E-state index contributed by atoms with van der Waals surface area (Å²) in [6.07, 6.45) is 3.43. The lowest BCUT2D eigenvalue weighted by atomic mass is 10.2. The minimum absolute atomic E-state index is 0.0773. The Kier molecular flexibility index (Phi) is 3.91. The van der Waals surface area contributed by atoms with Gasteiger partial charge in [-0.2, -0.15) is 0 Å². The number of nitrogens with zero attached hydrogens (tertiary/aromatic N) is 2. The van der Waals surface area contributed by atoms with Crippen LogP contribution in [0.3, 0.4) is 0 Å².